The number of hydrogen-bond acceptors (Lipinski definition) is 3. The van der Waals surface area contributed by atoms with Crippen LogP contribution in [0.4, 0.5) is 0 Å². The summed E-state index contributed by atoms with van der Waals surface area (Å²) in [7, 11) is 0. The predicted octanol–water partition coefficient (Wildman–Crippen LogP) is 2.39. The fraction of sp³-hybridized carbons (Fsp3) is 0.750. The number of nitrogens with one attached hydrogen (secondary N) is 2. The molecule has 1 amide bonds. The van der Waals surface area contributed by atoms with Crippen molar-refractivity contribution >= 4 is 5.91 Å². The molecule has 1 aliphatic rings. The number of amides is 1. The minimum absolute atomic E-state index is 0.119. The van der Waals surface area contributed by atoms with Crippen LogP contribution in [0.1, 0.15) is 64.1 Å². The van der Waals surface area contributed by atoms with Crippen molar-refractivity contribution in [3.8, 4) is 0 Å². The van der Waals surface area contributed by atoms with Gasteiger partial charge in [-0.05, 0) is 32.3 Å². The highest BCUT2D eigenvalue weighted by Gasteiger charge is 2.17. The summed E-state index contributed by atoms with van der Waals surface area (Å²) in [5.41, 5.74) is 1.06. The monoisotopic (exact) mass is 292 g/mol. The summed E-state index contributed by atoms with van der Waals surface area (Å²) in [6.45, 7) is 5.53. The van der Waals surface area contributed by atoms with Crippen molar-refractivity contribution in [2.45, 2.75) is 71.0 Å². The summed E-state index contributed by atoms with van der Waals surface area (Å²) >= 11 is 0. The molecule has 1 unspecified atom stereocenters. The first-order valence-electron chi connectivity index (χ1n) is 8.23. The van der Waals surface area contributed by atoms with Crippen LogP contribution in [0, 0.1) is 0 Å². The van der Waals surface area contributed by atoms with Crippen molar-refractivity contribution in [1.29, 1.82) is 0 Å². The van der Waals surface area contributed by atoms with E-state index in [-0.39, 0.29) is 11.9 Å². The molecular formula is C16H28N4O. The Morgan fingerprint density at radius 1 is 1.48 bits per heavy atom. The minimum Gasteiger partial charge on any atom is -0.354 e. The van der Waals surface area contributed by atoms with E-state index >= 15 is 0 Å². The maximum absolute atomic E-state index is 11.6. The van der Waals surface area contributed by atoms with Crippen molar-refractivity contribution in [1.82, 2.24) is 20.4 Å². The van der Waals surface area contributed by atoms with Gasteiger partial charge in [0.2, 0.25) is 5.91 Å². The summed E-state index contributed by atoms with van der Waals surface area (Å²) in [5.74, 6) is 0.119. The van der Waals surface area contributed by atoms with E-state index in [2.05, 4.69) is 39.6 Å². The van der Waals surface area contributed by atoms with E-state index < -0.39 is 0 Å². The van der Waals surface area contributed by atoms with Crippen LogP contribution in [-0.4, -0.2) is 28.3 Å². The molecule has 2 N–H and O–H groups in total. The van der Waals surface area contributed by atoms with Crippen LogP contribution in [0.2, 0.25) is 0 Å². The third-order valence-corrected chi connectivity index (χ3v) is 4.22. The van der Waals surface area contributed by atoms with E-state index in [0.717, 1.165) is 18.7 Å². The Morgan fingerprint density at radius 3 is 2.95 bits per heavy atom. The van der Waals surface area contributed by atoms with Crippen LogP contribution in [-0.2, 0) is 11.3 Å². The number of hydrogen-bond donors (Lipinski definition) is 2. The first-order valence-corrected chi connectivity index (χ1v) is 8.23. The summed E-state index contributed by atoms with van der Waals surface area (Å²) in [5, 5.41) is 10.9. The van der Waals surface area contributed by atoms with Crippen LogP contribution in [0.5, 0.6) is 0 Å². The molecule has 1 saturated carbocycles. The third kappa shape index (κ3) is 5.16. The Morgan fingerprint density at radius 2 is 2.24 bits per heavy atom. The minimum atomic E-state index is 0.119. The van der Waals surface area contributed by atoms with Crippen LogP contribution in [0.25, 0.3) is 0 Å². The Bertz CT molecular complexity index is 437. The highest BCUT2D eigenvalue weighted by Crippen LogP contribution is 2.28. The van der Waals surface area contributed by atoms with Gasteiger partial charge in [-0.25, -0.2) is 0 Å². The number of nitrogens with zero attached hydrogens (tertiary/aromatic N) is 2. The number of carbonyl (C=O) groups excluding carboxylic acids is 1. The third-order valence-electron chi connectivity index (χ3n) is 4.22. The van der Waals surface area contributed by atoms with Crippen molar-refractivity contribution < 1.29 is 4.79 Å². The first-order chi connectivity index (χ1) is 10.2. The van der Waals surface area contributed by atoms with Gasteiger partial charge in [0, 0.05) is 31.7 Å². The van der Waals surface area contributed by atoms with E-state index in [1.165, 1.54) is 25.7 Å². The second-order valence-electron chi connectivity index (χ2n) is 6.03. The van der Waals surface area contributed by atoms with E-state index in [1.54, 1.807) is 0 Å². The summed E-state index contributed by atoms with van der Waals surface area (Å²) in [4.78, 5) is 11.6. The molecule has 1 fully saturated rings. The average Bonchev–Trinajstić information content (AvgIpc) is 3.14. The molecule has 0 bridgehead atoms. The molecule has 0 aromatic carbocycles. The number of rotatable bonds is 8. The summed E-state index contributed by atoms with van der Waals surface area (Å²) in [6.07, 6.45) is 8.73. The lowest BCUT2D eigenvalue weighted by atomic mass is 10.2. The van der Waals surface area contributed by atoms with Crippen molar-refractivity contribution in [3.63, 3.8) is 0 Å². The quantitative estimate of drug-likeness (QED) is 0.723. The molecule has 1 aromatic heterocycles. The molecule has 1 atom stereocenters. The second-order valence-corrected chi connectivity index (χ2v) is 6.03. The highest BCUT2D eigenvalue weighted by molar-refractivity contribution is 5.76. The lowest BCUT2D eigenvalue weighted by Crippen LogP contribution is -2.33. The zero-order valence-corrected chi connectivity index (χ0v) is 13.3. The van der Waals surface area contributed by atoms with Crippen LogP contribution in [0.3, 0.4) is 0 Å². The lowest BCUT2D eigenvalue weighted by Gasteiger charge is -2.11. The van der Waals surface area contributed by atoms with Gasteiger partial charge in [0.15, 0.2) is 0 Å². The first kappa shape index (κ1) is 16.0. The fourth-order valence-corrected chi connectivity index (χ4v) is 2.71. The van der Waals surface area contributed by atoms with E-state index in [4.69, 9.17) is 0 Å². The zero-order valence-electron chi connectivity index (χ0n) is 13.3. The maximum atomic E-state index is 11.6. The molecule has 1 aromatic rings. The van der Waals surface area contributed by atoms with Gasteiger partial charge < -0.3 is 10.6 Å². The SMILES string of the molecule is CCC(C)NC(=O)CCNCc1ccn(C2CCCC2)n1. The Balaban J connectivity index is 1.63. The van der Waals surface area contributed by atoms with Crippen molar-refractivity contribution in [2.24, 2.45) is 0 Å². The second kappa shape index (κ2) is 8.17. The van der Waals surface area contributed by atoms with Crippen LogP contribution < -0.4 is 10.6 Å². The van der Waals surface area contributed by atoms with E-state index in [0.29, 0.717) is 19.0 Å². The molecule has 0 aliphatic heterocycles. The van der Waals surface area contributed by atoms with E-state index in [9.17, 15) is 4.79 Å². The maximum Gasteiger partial charge on any atom is 0.221 e. The number of aromatic nitrogens is 2. The smallest absolute Gasteiger partial charge is 0.221 e. The molecule has 2 rings (SSSR count). The molecule has 5 nitrogen and oxygen atoms in total. The van der Waals surface area contributed by atoms with Crippen molar-refractivity contribution in [3.05, 3.63) is 18.0 Å². The van der Waals surface area contributed by atoms with Gasteiger partial charge in [-0.3, -0.25) is 9.48 Å². The molecule has 0 radical (unpaired) electrons. The molecule has 1 aliphatic carbocycles. The van der Waals surface area contributed by atoms with Gasteiger partial charge in [-0.1, -0.05) is 19.8 Å². The van der Waals surface area contributed by atoms with Gasteiger partial charge in [-0.2, -0.15) is 5.10 Å². The molecular weight excluding hydrogens is 264 g/mol. The Hall–Kier alpha value is -1.36. The highest BCUT2D eigenvalue weighted by atomic mass is 16.1. The molecule has 5 heteroatoms. The van der Waals surface area contributed by atoms with Gasteiger partial charge in [0.1, 0.15) is 0 Å². The van der Waals surface area contributed by atoms with Gasteiger partial charge in [0.05, 0.1) is 11.7 Å². The largest absolute Gasteiger partial charge is 0.354 e. The van der Waals surface area contributed by atoms with E-state index in [1.807, 2.05) is 6.92 Å². The lowest BCUT2D eigenvalue weighted by molar-refractivity contribution is -0.121. The Labute approximate surface area is 127 Å². The summed E-state index contributed by atoms with van der Waals surface area (Å²) < 4.78 is 2.11. The average molecular weight is 292 g/mol. The molecule has 21 heavy (non-hydrogen) atoms. The van der Waals surface area contributed by atoms with Gasteiger partial charge >= 0.3 is 0 Å². The zero-order chi connectivity index (χ0) is 15.1. The standard InChI is InChI=1S/C16H28N4O/c1-3-13(2)18-16(21)8-10-17-12-14-9-11-20(19-14)15-6-4-5-7-15/h9,11,13,15,17H,3-8,10,12H2,1-2H3,(H,18,21). The van der Waals surface area contributed by atoms with Crippen LogP contribution in [0.15, 0.2) is 12.3 Å². The normalized spacial score (nSPS) is 17.0. The summed E-state index contributed by atoms with van der Waals surface area (Å²) in [6, 6.07) is 2.93. The van der Waals surface area contributed by atoms with Crippen LogP contribution >= 0.6 is 0 Å². The molecule has 0 saturated heterocycles. The van der Waals surface area contributed by atoms with Gasteiger partial charge in [0.25, 0.3) is 0 Å². The molecule has 1 heterocycles. The van der Waals surface area contributed by atoms with Crippen molar-refractivity contribution in [2.75, 3.05) is 6.54 Å². The molecule has 0 spiro atoms. The predicted molar refractivity (Wildman–Crippen MR) is 84.0 cm³/mol. The fourth-order valence-electron chi connectivity index (χ4n) is 2.71. The number of carbonyl (C=O) groups is 1. The Kier molecular flexibility index (Phi) is 6.23. The van der Waals surface area contributed by atoms with Gasteiger partial charge in [-0.15, -0.1) is 0 Å². The topological polar surface area (TPSA) is 59.0 Å². The molecule has 118 valence electrons.